The van der Waals surface area contributed by atoms with Crippen molar-refractivity contribution in [2.24, 2.45) is 0 Å². The molecule has 2 amide bonds. The number of carbonyl (C=O) groups excluding carboxylic acids is 1. The number of rotatable bonds is 9. The summed E-state index contributed by atoms with van der Waals surface area (Å²) in [5.41, 5.74) is 0.0666. The maximum absolute atomic E-state index is 14.8. The number of hydrogen-bond acceptors (Lipinski definition) is 6. The highest BCUT2D eigenvalue weighted by Gasteiger charge is 2.20. The fourth-order valence-electron chi connectivity index (χ4n) is 3.51. The van der Waals surface area contributed by atoms with Crippen molar-refractivity contribution in [3.8, 4) is 17.0 Å². The van der Waals surface area contributed by atoms with Crippen LogP contribution >= 0.6 is 0 Å². The lowest BCUT2D eigenvalue weighted by Gasteiger charge is -2.24. The van der Waals surface area contributed by atoms with E-state index >= 15 is 0 Å². The molecule has 208 valence electrons. The molecule has 10 nitrogen and oxygen atoms in total. The summed E-state index contributed by atoms with van der Waals surface area (Å²) < 4.78 is 41.2. The number of hydrogen-bond donors (Lipinski definition) is 2. The largest absolute Gasteiger partial charge is 0.488 e. The molecule has 3 rings (SSSR count). The van der Waals surface area contributed by atoms with Gasteiger partial charge in [0.15, 0.2) is 17.4 Å². The molecule has 0 spiro atoms. The molecule has 39 heavy (non-hydrogen) atoms. The Morgan fingerprint density at radius 3 is 2.44 bits per heavy atom. The molecule has 0 aliphatic heterocycles. The van der Waals surface area contributed by atoms with E-state index in [0.717, 1.165) is 16.8 Å². The summed E-state index contributed by atoms with van der Waals surface area (Å²) in [4.78, 5) is 36.6. The lowest BCUT2D eigenvalue weighted by molar-refractivity contribution is 0.0291. The molecule has 0 radical (unpaired) electrons. The monoisotopic (exact) mass is 544 g/mol. The number of nitrogens with one attached hydrogen (secondary N) is 1. The van der Waals surface area contributed by atoms with Gasteiger partial charge in [0.25, 0.3) is 5.56 Å². The van der Waals surface area contributed by atoms with E-state index in [1.165, 1.54) is 17.0 Å². The number of carbonyl (C=O) groups is 2. The summed E-state index contributed by atoms with van der Waals surface area (Å²) in [6, 6.07) is 11.1. The highest BCUT2D eigenvalue weighted by Crippen LogP contribution is 2.28. The first-order valence-corrected chi connectivity index (χ1v) is 12.1. The molecule has 2 N–H and O–H groups in total. The molecule has 1 aromatic heterocycles. The zero-order chi connectivity index (χ0) is 28.7. The van der Waals surface area contributed by atoms with Gasteiger partial charge < -0.3 is 19.5 Å². The van der Waals surface area contributed by atoms with Gasteiger partial charge >= 0.3 is 12.2 Å². The number of aromatic nitrogens is 2. The molecule has 0 unspecified atom stereocenters. The third-order valence-electron chi connectivity index (χ3n) is 5.26. The van der Waals surface area contributed by atoms with Gasteiger partial charge in [-0.25, -0.2) is 23.1 Å². The highest BCUT2D eigenvalue weighted by molar-refractivity contribution is 5.82. The third-order valence-corrected chi connectivity index (χ3v) is 5.26. The zero-order valence-corrected chi connectivity index (χ0v) is 22.0. The number of benzene rings is 2. The Labute approximate surface area is 223 Å². The summed E-state index contributed by atoms with van der Waals surface area (Å²) in [6.45, 7) is 5.48. The average molecular weight is 545 g/mol. The Morgan fingerprint density at radius 2 is 1.79 bits per heavy atom. The van der Waals surface area contributed by atoms with Crippen molar-refractivity contribution in [2.45, 2.75) is 39.3 Å². The standard InChI is InChI=1S/C27H30F2N4O6/c1-27(2,3)39-26(37)32(4)11-6-12-38-24-20(28)14-18(15-21(24)29)22-9-10-23(34)33(31-22)16-17-7-5-8-19(13-17)30-25(35)36/h5,7-10,13-15,30H,6,11-12,16H2,1-4H3,(H,35,36). The van der Waals surface area contributed by atoms with Gasteiger partial charge in [0, 0.05) is 30.9 Å². The minimum Gasteiger partial charge on any atom is -0.488 e. The molecule has 0 saturated heterocycles. The Hall–Kier alpha value is -4.48. The first-order chi connectivity index (χ1) is 18.3. The van der Waals surface area contributed by atoms with Gasteiger partial charge in [-0.2, -0.15) is 5.10 Å². The number of ether oxygens (including phenoxy) is 2. The molecule has 0 aliphatic carbocycles. The van der Waals surface area contributed by atoms with Gasteiger partial charge in [-0.1, -0.05) is 12.1 Å². The van der Waals surface area contributed by atoms with Crippen LogP contribution in [0.4, 0.5) is 24.1 Å². The Kier molecular flexibility index (Phi) is 9.23. The molecule has 12 heteroatoms. The fraction of sp³-hybridized carbons (Fsp3) is 0.333. The number of halogens is 2. The van der Waals surface area contributed by atoms with E-state index in [-0.39, 0.29) is 31.0 Å². The first-order valence-electron chi connectivity index (χ1n) is 12.1. The van der Waals surface area contributed by atoms with Crippen LogP contribution in [0.25, 0.3) is 11.3 Å². The van der Waals surface area contributed by atoms with Gasteiger partial charge in [-0.3, -0.25) is 10.1 Å². The molecule has 0 bridgehead atoms. The quantitative estimate of drug-likeness (QED) is 0.365. The topological polar surface area (TPSA) is 123 Å². The molecule has 0 fully saturated rings. The number of carboxylic acid groups (broad SMARTS) is 1. The predicted molar refractivity (Wildman–Crippen MR) is 140 cm³/mol. The van der Waals surface area contributed by atoms with Crippen molar-refractivity contribution >= 4 is 17.9 Å². The van der Waals surface area contributed by atoms with Crippen molar-refractivity contribution in [1.29, 1.82) is 0 Å². The van der Waals surface area contributed by atoms with Crippen LogP contribution < -0.4 is 15.6 Å². The van der Waals surface area contributed by atoms with Crippen LogP contribution in [0.2, 0.25) is 0 Å². The minimum absolute atomic E-state index is 0.00567. The second-order valence-corrected chi connectivity index (χ2v) is 9.72. The van der Waals surface area contributed by atoms with E-state index in [9.17, 15) is 23.2 Å². The van der Waals surface area contributed by atoms with Crippen LogP contribution in [0.1, 0.15) is 32.8 Å². The molecule has 0 atom stereocenters. The Morgan fingerprint density at radius 1 is 1.10 bits per heavy atom. The Bertz CT molecular complexity index is 1380. The first kappa shape index (κ1) is 29.1. The molecule has 3 aromatic rings. The van der Waals surface area contributed by atoms with Crippen molar-refractivity contribution < 1.29 is 33.0 Å². The van der Waals surface area contributed by atoms with E-state index in [2.05, 4.69) is 10.4 Å². The maximum Gasteiger partial charge on any atom is 0.410 e. The second kappa shape index (κ2) is 12.4. The highest BCUT2D eigenvalue weighted by atomic mass is 19.1. The van der Waals surface area contributed by atoms with Crippen LogP contribution in [-0.2, 0) is 11.3 Å². The lowest BCUT2D eigenvalue weighted by Crippen LogP contribution is -2.35. The van der Waals surface area contributed by atoms with Crippen LogP contribution in [0.5, 0.6) is 5.75 Å². The third kappa shape index (κ3) is 8.52. The number of amides is 2. The van der Waals surface area contributed by atoms with Crippen molar-refractivity contribution in [3.63, 3.8) is 0 Å². The summed E-state index contributed by atoms with van der Waals surface area (Å²) in [5, 5.41) is 15.3. The molecule has 0 saturated carbocycles. The van der Waals surface area contributed by atoms with Crippen LogP contribution in [0.3, 0.4) is 0 Å². The van der Waals surface area contributed by atoms with Crippen molar-refractivity contribution in [3.05, 3.63) is 76.1 Å². The lowest BCUT2D eigenvalue weighted by atomic mass is 10.1. The van der Waals surface area contributed by atoms with Gasteiger partial charge in [-0.15, -0.1) is 0 Å². The molecule has 1 heterocycles. The van der Waals surface area contributed by atoms with Crippen LogP contribution in [0.15, 0.2) is 53.3 Å². The van der Waals surface area contributed by atoms with Gasteiger partial charge in [-0.05, 0) is 63.1 Å². The van der Waals surface area contributed by atoms with E-state index < -0.39 is 40.7 Å². The van der Waals surface area contributed by atoms with Crippen molar-refractivity contribution in [2.75, 3.05) is 25.5 Å². The van der Waals surface area contributed by atoms with Crippen LogP contribution in [-0.4, -0.2) is 57.8 Å². The summed E-state index contributed by atoms with van der Waals surface area (Å²) in [7, 11) is 1.56. The van der Waals surface area contributed by atoms with Crippen molar-refractivity contribution in [1.82, 2.24) is 14.7 Å². The summed E-state index contributed by atoms with van der Waals surface area (Å²) >= 11 is 0. The number of anilines is 1. The van der Waals surface area contributed by atoms with E-state index in [1.54, 1.807) is 52.1 Å². The Balaban J connectivity index is 1.68. The van der Waals surface area contributed by atoms with E-state index in [1.807, 2.05) is 0 Å². The van der Waals surface area contributed by atoms with Gasteiger partial charge in [0.2, 0.25) is 0 Å². The molecular formula is C27H30F2N4O6. The minimum atomic E-state index is -1.23. The normalized spacial score (nSPS) is 11.1. The molecule has 2 aromatic carbocycles. The second-order valence-electron chi connectivity index (χ2n) is 9.72. The predicted octanol–water partition coefficient (Wildman–Crippen LogP) is 4.96. The SMILES string of the molecule is CN(CCCOc1c(F)cc(-c2ccc(=O)n(Cc3cccc(NC(=O)O)c3)n2)cc1F)C(=O)OC(C)(C)C. The number of nitrogens with zero attached hydrogens (tertiary/aromatic N) is 3. The van der Waals surface area contributed by atoms with Crippen LogP contribution in [0, 0.1) is 11.6 Å². The van der Waals surface area contributed by atoms with Gasteiger partial charge in [0.1, 0.15) is 5.60 Å². The summed E-state index contributed by atoms with van der Waals surface area (Å²) in [5.74, 6) is -2.45. The molecule has 0 aliphatic rings. The summed E-state index contributed by atoms with van der Waals surface area (Å²) in [6.07, 6.45) is -1.43. The smallest absolute Gasteiger partial charge is 0.410 e. The van der Waals surface area contributed by atoms with E-state index in [0.29, 0.717) is 17.7 Å². The average Bonchev–Trinajstić information content (AvgIpc) is 2.83. The maximum atomic E-state index is 14.8. The zero-order valence-electron chi connectivity index (χ0n) is 22.0. The molecular weight excluding hydrogens is 514 g/mol. The van der Waals surface area contributed by atoms with E-state index in [4.69, 9.17) is 14.6 Å². The van der Waals surface area contributed by atoms with Gasteiger partial charge in [0.05, 0.1) is 18.8 Å². The fourth-order valence-corrected chi connectivity index (χ4v) is 3.51.